The largest absolute Gasteiger partial charge is 0.456 e. The summed E-state index contributed by atoms with van der Waals surface area (Å²) in [6, 6.07) is 11.3. The number of benzene rings is 2. The van der Waals surface area contributed by atoms with Gasteiger partial charge in [0.2, 0.25) is 0 Å². The van der Waals surface area contributed by atoms with Gasteiger partial charge in [0.1, 0.15) is 17.6 Å². The van der Waals surface area contributed by atoms with Crippen molar-refractivity contribution in [1.82, 2.24) is 19.7 Å². The van der Waals surface area contributed by atoms with Crippen LogP contribution in [0, 0.1) is 11.3 Å². The number of aromatic nitrogens is 4. The number of hydrogen-bond acceptors (Lipinski definition) is 6. The number of rotatable bonds is 7. The van der Waals surface area contributed by atoms with Crippen molar-refractivity contribution in [2.45, 2.75) is 23.5 Å². The Morgan fingerprint density at radius 2 is 2.03 bits per heavy atom. The van der Waals surface area contributed by atoms with Gasteiger partial charge < -0.3 is 9.72 Å². The quantitative estimate of drug-likeness (QED) is 0.283. The second-order valence-corrected chi connectivity index (χ2v) is 8.56. The van der Waals surface area contributed by atoms with Gasteiger partial charge in [-0.25, -0.2) is 0 Å². The minimum absolute atomic E-state index is 0.0217. The van der Waals surface area contributed by atoms with Gasteiger partial charge in [0.15, 0.2) is 5.16 Å². The van der Waals surface area contributed by atoms with Crippen LogP contribution in [-0.4, -0.2) is 19.7 Å². The average Bonchev–Trinajstić information content (AvgIpc) is 3.24. The van der Waals surface area contributed by atoms with Gasteiger partial charge in [0.05, 0.1) is 17.3 Å². The Kier molecular flexibility index (Phi) is 6.93. The van der Waals surface area contributed by atoms with Crippen LogP contribution < -0.4 is 10.3 Å². The summed E-state index contributed by atoms with van der Waals surface area (Å²) in [7, 11) is 1.80. The number of nitrogens with one attached hydrogen (secondary N) is 1. The van der Waals surface area contributed by atoms with Gasteiger partial charge >= 0.3 is 6.18 Å². The van der Waals surface area contributed by atoms with Gasteiger partial charge in [-0.1, -0.05) is 23.9 Å². The van der Waals surface area contributed by atoms with E-state index in [1.807, 2.05) is 12.3 Å². The molecule has 0 aliphatic heterocycles. The molecule has 0 saturated heterocycles. The normalized spacial score (nSPS) is 11.3. The smallest absolute Gasteiger partial charge is 0.416 e. The van der Waals surface area contributed by atoms with E-state index in [4.69, 9.17) is 4.74 Å². The minimum atomic E-state index is -4.50. The Bertz CT molecular complexity index is 1460. The lowest BCUT2D eigenvalue weighted by Gasteiger charge is -2.11. The molecule has 0 bridgehead atoms. The molecule has 0 unspecified atom stereocenters. The maximum atomic E-state index is 12.9. The molecule has 2 aromatic heterocycles. The van der Waals surface area contributed by atoms with Crippen LogP contribution in [0.25, 0.3) is 0 Å². The van der Waals surface area contributed by atoms with E-state index in [0.717, 1.165) is 23.3 Å². The standard InChI is InChI=1S/C24H18F3N5O2S/c1-32-13-16(11-30-32)8-18-12-29-23(31-22(18)33)35-14-15-5-6-21(17(7-15)10-28)34-20-4-2-3-19(9-20)24(25,26)27/h2-7,9,11-13H,8,14H2,1H3,(H,29,31,33). The highest BCUT2D eigenvalue weighted by Gasteiger charge is 2.30. The number of nitriles is 1. The monoisotopic (exact) mass is 497 g/mol. The summed E-state index contributed by atoms with van der Waals surface area (Å²) < 4.78 is 46.0. The first-order valence-corrected chi connectivity index (χ1v) is 11.3. The van der Waals surface area contributed by atoms with E-state index in [-0.39, 0.29) is 22.6 Å². The van der Waals surface area contributed by atoms with E-state index in [1.165, 1.54) is 30.0 Å². The molecular weight excluding hydrogens is 479 g/mol. The van der Waals surface area contributed by atoms with Crippen molar-refractivity contribution in [3.05, 3.63) is 99.2 Å². The van der Waals surface area contributed by atoms with E-state index in [1.54, 1.807) is 36.3 Å². The van der Waals surface area contributed by atoms with Crippen LogP contribution in [0.2, 0.25) is 0 Å². The zero-order chi connectivity index (χ0) is 25.0. The molecule has 1 N–H and O–H groups in total. The van der Waals surface area contributed by atoms with Crippen molar-refractivity contribution in [2.24, 2.45) is 7.05 Å². The highest BCUT2D eigenvalue weighted by atomic mass is 32.2. The third-order valence-electron chi connectivity index (χ3n) is 4.93. The van der Waals surface area contributed by atoms with Crippen molar-refractivity contribution >= 4 is 11.8 Å². The fourth-order valence-corrected chi connectivity index (χ4v) is 4.02. The summed E-state index contributed by atoms with van der Waals surface area (Å²) in [5.41, 5.74) is 1.17. The Morgan fingerprint density at radius 1 is 1.20 bits per heavy atom. The van der Waals surface area contributed by atoms with Crippen LogP contribution in [0.15, 0.2) is 71.0 Å². The highest BCUT2D eigenvalue weighted by Crippen LogP contribution is 2.34. The molecule has 0 spiro atoms. The Balaban J connectivity index is 1.43. The van der Waals surface area contributed by atoms with E-state index >= 15 is 0 Å². The molecule has 0 radical (unpaired) electrons. The van der Waals surface area contributed by atoms with Crippen molar-refractivity contribution in [3.63, 3.8) is 0 Å². The van der Waals surface area contributed by atoms with Crippen LogP contribution >= 0.6 is 11.8 Å². The summed E-state index contributed by atoms with van der Waals surface area (Å²) in [5.74, 6) is 0.530. The fourth-order valence-electron chi connectivity index (χ4n) is 3.25. The molecule has 4 aromatic rings. The number of H-pyrrole nitrogens is 1. The molecule has 2 heterocycles. The summed E-state index contributed by atoms with van der Waals surface area (Å²) >= 11 is 1.28. The maximum absolute atomic E-state index is 12.9. The second kappa shape index (κ2) is 10.1. The van der Waals surface area contributed by atoms with E-state index in [9.17, 15) is 23.2 Å². The first-order chi connectivity index (χ1) is 16.7. The topological polar surface area (TPSA) is 96.6 Å². The van der Waals surface area contributed by atoms with Gasteiger partial charge in [-0.2, -0.15) is 28.5 Å². The summed E-state index contributed by atoms with van der Waals surface area (Å²) in [6.45, 7) is 0. The molecule has 11 heteroatoms. The molecule has 0 atom stereocenters. The number of aryl methyl sites for hydroxylation is 1. The number of hydrogen-bond donors (Lipinski definition) is 1. The molecule has 178 valence electrons. The van der Waals surface area contributed by atoms with E-state index in [2.05, 4.69) is 15.1 Å². The van der Waals surface area contributed by atoms with Crippen molar-refractivity contribution < 1.29 is 17.9 Å². The number of nitrogens with zero attached hydrogens (tertiary/aromatic N) is 4. The maximum Gasteiger partial charge on any atom is 0.416 e. The molecule has 0 saturated carbocycles. The van der Waals surface area contributed by atoms with Gasteiger partial charge in [-0.05, 0) is 41.5 Å². The number of halogens is 3. The molecule has 0 fully saturated rings. The van der Waals surface area contributed by atoms with Crippen molar-refractivity contribution in [3.8, 4) is 17.6 Å². The zero-order valence-corrected chi connectivity index (χ0v) is 19.2. The van der Waals surface area contributed by atoms with Crippen LogP contribution in [-0.2, 0) is 25.4 Å². The molecule has 2 aromatic carbocycles. The lowest BCUT2D eigenvalue weighted by Crippen LogP contribution is -2.14. The second-order valence-electron chi connectivity index (χ2n) is 7.59. The van der Waals surface area contributed by atoms with E-state index in [0.29, 0.717) is 22.9 Å². The van der Waals surface area contributed by atoms with Gasteiger partial charge in [-0.3, -0.25) is 9.48 Å². The van der Waals surface area contributed by atoms with Gasteiger partial charge in [0.25, 0.3) is 5.56 Å². The molecule has 4 rings (SSSR count). The van der Waals surface area contributed by atoms with Crippen LogP contribution in [0.4, 0.5) is 13.2 Å². The minimum Gasteiger partial charge on any atom is -0.456 e. The fraction of sp³-hybridized carbons (Fsp3) is 0.167. The first kappa shape index (κ1) is 24.1. The SMILES string of the molecule is Cn1cc(Cc2c[nH]c(SCc3ccc(Oc4cccc(C(F)(F)F)c4)c(C#N)c3)nc2=O)cn1. The van der Waals surface area contributed by atoms with E-state index < -0.39 is 11.7 Å². The molecule has 0 amide bonds. The Morgan fingerprint density at radius 3 is 2.71 bits per heavy atom. The zero-order valence-electron chi connectivity index (χ0n) is 18.3. The van der Waals surface area contributed by atoms with Crippen molar-refractivity contribution in [2.75, 3.05) is 0 Å². The first-order valence-electron chi connectivity index (χ1n) is 10.3. The predicted octanol–water partition coefficient (Wildman–Crippen LogP) is 5.07. The molecule has 7 nitrogen and oxygen atoms in total. The van der Waals surface area contributed by atoms with Gasteiger partial charge in [-0.15, -0.1) is 0 Å². The number of thioether (sulfide) groups is 1. The van der Waals surface area contributed by atoms with Crippen molar-refractivity contribution in [1.29, 1.82) is 5.26 Å². The lowest BCUT2D eigenvalue weighted by molar-refractivity contribution is -0.137. The Hall–Kier alpha value is -4.04. The predicted molar refractivity (Wildman–Crippen MR) is 123 cm³/mol. The van der Waals surface area contributed by atoms with Crippen LogP contribution in [0.5, 0.6) is 11.5 Å². The molecule has 35 heavy (non-hydrogen) atoms. The van der Waals surface area contributed by atoms with Gasteiger partial charge in [0, 0.05) is 37.2 Å². The van der Waals surface area contributed by atoms with Crippen LogP contribution in [0.3, 0.4) is 0 Å². The van der Waals surface area contributed by atoms with Crippen LogP contribution in [0.1, 0.15) is 27.8 Å². The third kappa shape index (κ3) is 6.10. The summed E-state index contributed by atoms with van der Waals surface area (Å²) in [6.07, 6.45) is 1.06. The summed E-state index contributed by atoms with van der Waals surface area (Å²) in [4.78, 5) is 19.5. The third-order valence-corrected chi connectivity index (χ3v) is 5.89. The Labute approximate surface area is 202 Å². The number of aromatic amines is 1. The average molecular weight is 498 g/mol. The number of alkyl halides is 3. The summed E-state index contributed by atoms with van der Waals surface area (Å²) in [5, 5.41) is 14.0. The molecule has 0 aliphatic carbocycles. The molecular formula is C24H18F3N5O2S. The molecule has 0 aliphatic rings. The number of ether oxygens (including phenoxy) is 1. The highest BCUT2D eigenvalue weighted by molar-refractivity contribution is 7.98. The lowest BCUT2D eigenvalue weighted by atomic mass is 10.1.